The second-order valence-corrected chi connectivity index (χ2v) is 34.8. The van der Waals surface area contributed by atoms with Crippen LogP contribution in [0.15, 0.2) is 186 Å². The molecule has 4 fully saturated rings. The number of nitrogens with zero attached hydrogens (tertiary/aromatic N) is 14. The van der Waals surface area contributed by atoms with Gasteiger partial charge in [0.05, 0.1) is 59.9 Å². The third kappa shape index (κ3) is 26.7. The number of hydrogen-bond donors (Lipinski definition) is 4. The largest absolute Gasteiger partial charge is 0.444 e. The number of likely N-dealkylation sites (tertiary alicyclic amines) is 2. The number of fused-ring (bicyclic) bond motifs is 4. The third-order valence-electron chi connectivity index (χ3n) is 18.0. The number of piperidine rings is 3. The molecule has 0 radical (unpaired) electrons. The van der Waals surface area contributed by atoms with Crippen LogP contribution in [0.3, 0.4) is 0 Å². The van der Waals surface area contributed by atoms with Gasteiger partial charge in [-0.15, -0.1) is 35.3 Å². The van der Waals surface area contributed by atoms with E-state index in [-0.39, 0.29) is 25.4 Å². The van der Waals surface area contributed by atoms with E-state index in [0.29, 0.717) is 78.7 Å². The monoisotopic (exact) mass is 1680 g/mol. The molecule has 114 heavy (non-hydrogen) atoms. The van der Waals surface area contributed by atoms with Crippen LogP contribution >= 0.6 is 82.7 Å². The van der Waals surface area contributed by atoms with Crippen LogP contribution in [0.1, 0.15) is 133 Å². The molecule has 3 N–H and O–H groups in total. The van der Waals surface area contributed by atoms with Crippen LogP contribution in [0, 0.1) is 11.6 Å². The van der Waals surface area contributed by atoms with E-state index in [2.05, 4.69) is 74.7 Å². The molecule has 0 unspecified atom stereocenters. The molecule has 12 aromatic rings. The fraction of sp³-hybridized carbons (Fsp3) is 0.381. The lowest BCUT2D eigenvalue weighted by Crippen LogP contribution is -2.42. The van der Waals surface area contributed by atoms with Crippen molar-refractivity contribution in [2.75, 3.05) is 49.9 Å². The topological polar surface area (TPSA) is 234 Å². The van der Waals surface area contributed by atoms with Gasteiger partial charge in [0.25, 0.3) is 0 Å². The van der Waals surface area contributed by atoms with E-state index < -0.39 is 17.0 Å². The smallest absolute Gasteiger partial charge is 0.410 e. The summed E-state index contributed by atoms with van der Waals surface area (Å²) >= 11 is 27.0. The number of amides is 2. The molecule has 3 aliphatic heterocycles. The number of nitrogens with one attached hydrogen (secondary N) is 3. The van der Waals surface area contributed by atoms with Crippen LogP contribution in [0.2, 0.25) is 15.5 Å². The number of carbonyl (C=O) groups is 2. The summed E-state index contributed by atoms with van der Waals surface area (Å²) in [5.41, 5.74) is 4.29. The number of benzene rings is 2. The van der Waals surface area contributed by atoms with Gasteiger partial charge < -0.3 is 35.2 Å². The van der Waals surface area contributed by atoms with E-state index in [9.17, 15) is 18.4 Å². The first kappa shape index (κ1) is 87.7. The predicted octanol–water partition coefficient (Wildman–Crippen LogP) is 22.4. The molecule has 16 rings (SSSR count). The fourth-order valence-electron chi connectivity index (χ4n) is 12.4. The van der Waals surface area contributed by atoms with E-state index >= 15 is 0 Å². The molecular formula is C84H98Cl3F2N17O4S4. The van der Waals surface area contributed by atoms with E-state index in [4.69, 9.17) is 54.2 Å². The lowest BCUT2D eigenvalue weighted by atomic mass is 10.0. The van der Waals surface area contributed by atoms with Crippen molar-refractivity contribution in [1.82, 2.24) is 74.5 Å². The molecular weight excluding hydrogens is 1580 g/mol. The van der Waals surface area contributed by atoms with E-state index in [0.717, 1.165) is 129 Å². The summed E-state index contributed by atoms with van der Waals surface area (Å²) < 4.78 is 43.5. The molecule has 0 bridgehead atoms. The second-order valence-electron chi connectivity index (χ2n) is 28.9. The number of pyridine rings is 8. The number of ether oxygens (including phenoxy) is 2. The van der Waals surface area contributed by atoms with Crippen LogP contribution < -0.4 is 16.0 Å². The van der Waals surface area contributed by atoms with Crippen LogP contribution in [-0.2, 0) is 9.47 Å². The quantitative estimate of drug-likeness (QED) is 0.0657. The first-order valence-electron chi connectivity index (χ1n) is 37.9. The summed E-state index contributed by atoms with van der Waals surface area (Å²) in [4.78, 5) is 63.2. The summed E-state index contributed by atoms with van der Waals surface area (Å²) in [5.74, 6) is 0.307. The minimum absolute atomic E-state index is 0. The Morgan fingerprint density at radius 3 is 1.23 bits per heavy atom. The van der Waals surface area contributed by atoms with Crippen molar-refractivity contribution in [2.24, 2.45) is 0 Å². The van der Waals surface area contributed by atoms with Crippen molar-refractivity contribution in [3.63, 3.8) is 0 Å². The van der Waals surface area contributed by atoms with Crippen molar-refractivity contribution < 1.29 is 27.8 Å². The Morgan fingerprint density at radius 1 is 0.482 bits per heavy atom. The Bertz CT molecular complexity index is 5070. The van der Waals surface area contributed by atoms with Crippen LogP contribution in [0.5, 0.6) is 0 Å². The first-order valence-corrected chi connectivity index (χ1v) is 42.2. The Kier molecular flexibility index (Phi) is 32.5. The molecule has 21 nitrogen and oxygen atoms in total. The molecule has 2 amide bonds. The maximum absolute atomic E-state index is 14.7. The molecule has 13 heterocycles. The van der Waals surface area contributed by atoms with Crippen LogP contribution in [0.4, 0.5) is 41.4 Å². The summed E-state index contributed by atoms with van der Waals surface area (Å²) in [7, 11) is 0. The zero-order chi connectivity index (χ0) is 80.0. The Hall–Kier alpha value is -8.67. The minimum atomic E-state index is -0.490. The van der Waals surface area contributed by atoms with Crippen LogP contribution in [0.25, 0.3) is 55.0 Å². The van der Waals surface area contributed by atoms with Gasteiger partial charge in [0.15, 0.2) is 0 Å². The highest BCUT2D eigenvalue weighted by atomic mass is 35.5. The molecule has 1 aliphatic carbocycles. The number of thioether (sulfide) groups is 3. The molecule has 0 spiro atoms. The average molecular weight is 1680 g/mol. The number of halogens is 5. The zero-order valence-electron chi connectivity index (χ0n) is 64.5. The van der Waals surface area contributed by atoms with Gasteiger partial charge >= 0.3 is 12.2 Å². The maximum Gasteiger partial charge on any atom is 0.410 e. The number of aromatic nitrogens is 12. The molecule has 2 aromatic carbocycles. The summed E-state index contributed by atoms with van der Waals surface area (Å²) in [5, 5.41) is 27.9. The Morgan fingerprint density at radius 2 is 0.860 bits per heavy atom. The lowest BCUT2D eigenvalue weighted by Gasteiger charge is -2.33. The molecule has 602 valence electrons. The van der Waals surface area contributed by atoms with Gasteiger partial charge in [0.2, 0.25) is 0 Å². The summed E-state index contributed by atoms with van der Waals surface area (Å²) in [6, 6.07) is 36.3. The SMILES string of the molecule is C.CC.CC(C)(C)OC(=O)N1CCC(Sc2ccc3cnc(Cl)cc3n2)CC1.CC(C)(C)OC(=O)N1CCC(Sc2ccc3cnc(Nc4ccc(-n5cccn5)cc4F)cc3n2)CC1.Clc1cc2nc(Cl)ccc2cn1.Fc1cc(-n2cccn2)ccc1Nc1cc2nc(SC3CCNCC3)ccc2cn1.SC1CCCCC1. The van der Waals surface area contributed by atoms with Gasteiger partial charge in [-0.2, -0.15) is 22.8 Å². The standard InChI is InChI=1S/C27H29FN6O2S.C22H21FN6S.C18H22ClN3O2S.C8H4Cl2N2.C6H12S.C2H6.CH4/c1-27(2,3)36-26(35)33-13-9-20(10-14-33)37-25-8-5-18-17-29-24(16-23(18)32-25)31-22-7-6-19(15-21(22)28)34-12-4-11-30-34;23-18-12-16(29-11-1-8-26-29)3-4-19(18)27-21-13-20-15(14-25-21)2-5-22(28-20)30-17-6-9-24-10-7-17;1-18(2,3)24-17(23)22-8-6-13(7-9-22)25-16-5-4-12-11-20-15(19)10-14(12)21-16;9-7-2-1-5-4-11-8(10)3-6(5)12-7;7-6-4-2-1-3-5-6;1-2;/h4-8,11-12,15-17,20H,9-10,13-14H2,1-3H3,(H,29,31);1-5,8,11-14,17,24H,6-7,9-10H2,(H,25,27);4-5,10-11,13H,6-9H2,1-3H3;1-4H;6-7H,1-5H2;1-2H3;1H4. The molecule has 1 saturated carbocycles. The molecule has 3 saturated heterocycles. The van der Waals surface area contributed by atoms with Gasteiger partial charge in [-0.05, 0) is 191 Å². The summed E-state index contributed by atoms with van der Waals surface area (Å²) in [6.45, 7) is 20.2. The number of hydrogen-bond acceptors (Lipinski definition) is 21. The van der Waals surface area contributed by atoms with Gasteiger partial charge in [-0.25, -0.2) is 67.6 Å². The third-order valence-corrected chi connectivity index (χ3v) is 23.0. The maximum atomic E-state index is 14.7. The van der Waals surface area contributed by atoms with Crippen molar-refractivity contribution in [1.29, 1.82) is 0 Å². The number of rotatable bonds is 12. The van der Waals surface area contributed by atoms with Crippen molar-refractivity contribution in [3.05, 3.63) is 198 Å². The van der Waals surface area contributed by atoms with Crippen LogP contribution in [-0.4, -0.2) is 153 Å². The fourth-order valence-corrected chi connectivity index (χ4v) is 16.5. The lowest BCUT2D eigenvalue weighted by molar-refractivity contribution is 0.0208. The second kappa shape index (κ2) is 42.3. The number of carbonyl (C=O) groups excluding carboxylic acids is 2. The first-order chi connectivity index (χ1) is 54.4. The molecule has 30 heteroatoms. The Balaban J connectivity index is 0.000000161. The highest BCUT2D eigenvalue weighted by Crippen LogP contribution is 2.36. The highest BCUT2D eigenvalue weighted by molar-refractivity contribution is 8.00. The zero-order valence-corrected chi connectivity index (χ0v) is 70.1. The number of anilines is 4. The Labute approximate surface area is 698 Å². The van der Waals surface area contributed by atoms with E-state index in [1.807, 2.05) is 122 Å². The molecule has 10 aromatic heterocycles. The minimum Gasteiger partial charge on any atom is -0.444 e. The summed E-state index contributed by atoms with van der Waals surface area (Å²) in [6.07, 6.45) is 26.2. The van der Waals surface area contributed by atoms with Gasteiger partial charge in [0, 0.05) is 155 Å². The highest BCUT2D eigenvalue weighted by Gasteiger charge is 2.30. The number of thiol groups is 1. The van der Waals surface area contributed by atoms with Crippen molar-refractivity contribution in [2.45, 2.75) is 181 Å². The predicted molar refractivity (Wildman–Crippen MR) is 466 cm³/mol. The van der Waals surface area contributed by atoms with Gasteiger partial charge in [0.1, 0.15) is 49.9 Å². The molecule has 0 atom stereocenters. The van der Waals surface area contributed by atoms with Gasteiger partial charge in [-0.1, -0.05) is 75.3 Å². The normalized spacial score (nSPS) is 14.9. The van der Waals surface area contributed by atoms with Crippen molar-refractivity contribution in [3.8, 4) is 11.4 Å². The molecule has 4 aliphatic rings. The average Bonchev–Trinajstić information content (AvgIpc) is 0.976. The van der Waals surface area contributed by atoms with Crippen molar-refractivity contribution >= 4 is 162 Å². The van der Waals surface area contributed by atoms with Gasteiger partial charge in [-0.3, -0.25) is 0 Å². The van der Waals surface area contributed by atoms with E-state index in [1.54, 1.807) is 141 Å². The van der Waals surface area contributed by atoms with E-state index in [1.165, 1.54) is 44.2 Å².